The lowest BCUT2D eigenvalue weighted by Gasteiger charge is -2.11. The van der Waals surface area contributed by atoms with E-state index >= 15 is 0 Å². The van der Waals surface area contributed by atoms with Gasteiger partial charge in [0.15, 0.2) is 11.0 Å². The molecule has 2 aromatic heterocycles. The number of ether oxygens (including phenoxy) is 1. The molecule has 0 amide bonds. The summed E-state index contributed by atoms with van der Waals surface area (Å²) in [6.45, 7) is 0. The van der Waals surface area contributed by atoms with E-state index in [-0.39, 0.29) is 5.75 Å². The van der Waals surface area contributed by atoms with Gasteiger partial charge in [0.25, 0.3) is 0 Å². The molecule has 7 nitrogen and oxygen atoms in total. The highest BCUT2D eigenvalue weighted by molar-refractivity contribution is 7.98. The molecule has 0 aliphatic carbocycles. The molecular weight excluding hydrogens is 438 g/mol. The topological polar surface area (TPSA) is 90.4 Å². The molecule has 0 saturated heterocycles. The fourth-order valence-electron chi connectivity index (χ4n) is 3.60. The molecule has 1 N–H and O–H groups in total. The number of fused-ring (bicyclic) bond motifs is 1. The fourth-order valence-corrected chi connectivity index (χ4v) is 4.55. The Kier molecular flexibility index (Phi) is 5.58. The van der Waals surface area contributed by atoms with Gasteiger partial charge in [0.2, 0.25) is 0 Å². The number of rotatable bonds is 6. The highest BCUT2D eigenvalue weighted by atomic mass is 32.2. The Morgan fingerprint density at radius 2 is 1.85 bits per heavy atom. The Hall–Kier alpha value is -4.04. The first-order valence-corrected chi connectivity index (χ1v) is 11.1. The molecule has 0 saturated carbocycles. The molecule has 0 unspecified atom stereocenters. The van der Waals surface area contributed by atoms with E-state index in [0.29, 0.717) is 22.3 Å². The second-order valence-electron chi connectivity index (χ2n) is 7.27. The van der Waals surface area contributed by atoms with Crippen molar-refractivity contribution < 1.29 is 14.3 Å². The van der Waals surface area contributed by atoms with Gasteiger partial charge in [-0.3, -0.25) is 4.57 Å². The summed E-state index contributed by atoms with van der Waals surface area (Å²) >= 11 is 1.46. The number of hydrogen-bond acceptors (Lipinski definition) is 7. The second-order valence-corrected chi connectivity index (χ2v) is 8.21. The SMILES string of the molecule is COc1cccc(-c2nnc(SCc3cc(=O)oc4cc(O)ccc34)n2-c2ccccc2)c1. The molecule has 0 aliphatic rings. The highest BCUT2D eigenvalue weighted by Gasteiger charge is 2.17. The summed E-state index contributed by atoms with van der Waals surface area (Å²) in [6.07, 6.45) is 0. The number of benzene rings is 3. The summed E-state index contributed by atoms with van der Waals surface area (Å²) in [6, 6.07) is 23.8. The first kappa shape index (κ1) is 20.8. The van der Waals surface area contributed by atoms with Gasteiger partial charge in [-0.1, -0.05) is 42.1 Å². The van der Waals surface area contributed by atoms with Gasteiger partial charge in [0.05, 0.1) is 7.11 Å². The van der Waals surface area contributed by atoms with Crippen LogP contribution < -0.4 is 10.4 Å². The maximum absolute atomic E-state index is 12.1. The van der Waals surface area contributed by atoms with Crippen molar-refractivity contribution in [2.75, 3.05) is 7.11 Å². The van der Waals surface area contributed by atoms with E-state index in [2.05, 4.69) is 10.2 Å². The van der Waals surface area contributed by atoms with Gasteiger partial charge in [-0.15, -0.1) is 10.2 Å². The van der Waals surface area contributed by atoms with Crippen LogP contribution in [-0.2, 0) is 5.75 Å². The summed E-state index contributed by atoms with van der Waals surface area (Å²) in [4.78, 5) is 12.1. The van der Waals surface area contributed by atoms with Crippen molar-refractivity contribution in [3.05, 3.63) is 94.8 Å². The van der Waals surface area contributed by atoms with Crippen LogP contribution >= 0.6 is 11.8 Å². The smallest absolute Gasteiger partial charge is 0.336 e. The third-order valence-electron chi connectivity index (χ3n) is 5.15. The normalized spacial score (nSPS) is 11.1. The Morgan fingerprint density at radius 1 is 1.00 bits per heavy atom. The van der Waals surface area contributed by atoms with Crippen molar-refractivity contribution in [2.24, 2.45) is 0 Å². The quantitative estimate of drug-likeness (QED) is 0.282. The van der Waals surface area contributed by atoms with E-state index in [9.17, 15) is 9.90 Å². The lowest BCUT2D eigenvalue weighted by molar-refractivity contribution is 0.415. The number of thioether (sulfide) groups is 1. The van der Waals surface area contributed by atoms with E-state index in [0.717, 1.165) is 28.0 Å². The fraction of sp³-hybridized carbons (Fsp3) is 0.0800. The Balaban J connectivity index is 1.56. The number of aromatic hydroxyl groups is 1. The van der Waals surface area contributed by atoms with Gasteiger partial charge in [-0.05, 0) is 42.0 Å². The minimum atomic E-state index is -0.467. The molecule has 3 aromatic carbocycles. The number of para-hydroxylation sites is 1. The maximum Gasteiger partial charge on any atom is 0.336 e. The molecule has 0 aliphatic heterocycles. The average Bonchev–Trinajstić information content (AvgIpc) is 3.26. The molecule has 0 atom stereocenters. The van der Waals surface area contributed by atoms with E-state index in [4.69, 9.17) is 9.15 Å². The first-order chi connectivity index (χ1) is 16.1. The molecule has 2 heterocycles. The van der Waals surface area contributed by atoms with E-state index in [1.807, 2.05) is 59.2 Å². The van der Waals surface area contributed by atoms with E-state index in [1.54, 1.807) is 19.2 Å². The zero-order chi connectivity index (χ0) is 22.8. The van der Waals surface area contributed by atoms with E-state index in [1.165, 1.54) is 23.9 Å². The summed E-state index contributed by atoms with van der Waals surface area (Å²) < 4.78 is 12.6. The summed E-state index contributed by atoms with van der Waals surface area (Å²) in [5, 5.41) is 20.1. The van der Waals surface area contributed by atoms with Crippen molar-refractivity contribution in [3.63, 3.8) is 0 Å². The molecule has 5 rings (SSSR count). The van der Waals surface area contributed by atoms with Crippen LogP contribution in [0.2, 0.25) is 0 Å². The first-order valence-electron chi connectivity index (χ1n) is 10.2. The lowest BCUT2D eigenvalue weighted by atomic mass is 10.1. The van der Waals surface area contributed by atoms with Gasteiger partial charge < -0.3 is 14.3 Å². The number of methoxy groups -OCH3 is 1. The van der Waals surface area contributed by atoms with Crippen molar-refractivity contribution in [3.8, 4) is 28.6 Å². The molecule has 8 heteroatoms. The number of aromatic nitrogens is 3. The molecule has 0 bridgehead atoms. The highest BCUT2D eigenvalue weighted by Crippen LogP contribution is 2.32. The van der Waals surface area contributed by atoms with Crippen LogP contribution in [0.3, 0.4) is 0 Å². The Morgan fingerprint density at radius 3 is 2.67 bits per heavy atom. The molecule has 33 heavy (non-hydrogen) atoms. The van der Waals surface area contributed by atoms with Gasteiger partial charge in [0, 0.05) is 34.5 Å². The Bertz CT molecular complexity index is 1500. The minimum absolute atomic E-state index is 0.0437. The zero-order valence-corrected chi connectivity index (χ0v) is 18.5. The average molecular weight is 458 g/mol. The Labute approximate surface area is 193 Å². The van der Waals surface area contributed by atoms with Gasteiger partial charge in [0.1, 0.15) is 17.1 Å². The molecular formula is C25H19N3O4S. The largest absolute Gasteiger partial charge is 0.508 e. The van der Waals surface area contributed by atoms with Crippen LogP contribution in [0.1, 0.15) is 5.56 Å². The second kappa shape index (κ2) is 8.84. The van der Waals surface area contributed by atoms with Crippen LogP contribution in [0.15, 0.2) is 93.2 Å². The third-order valence-corrected chi connectivity index (χ3v) is 6.12. The monoisotopic (exact) mass is 457 g/mol. The number of phenolic OH excluding ortho intramolecular Hbond substituents is 1. The van der Waals surface area contributed by atoms with E-state index < -0.39 is 5.63 Å². The van der Waals surface area contributed by atoms with Gasteiger partial charge in [-0.2, -0.15) is 0 Å². The predicted octanol–water partition coefficient (Wildman–Crippen LogP) is 5.05. The van der Waals surface area contributed by atoms with Crippen molar-refractivity contribution in [2.45, 2.75) is 10.9 Å². The minimum Gasteiger partial charge on any atom is -0.508 e. The molecule has 0 radical (unpaired) electrons. The zero-order valence-electron chi connectivity index (χ0n) is 17.6. The van der Waals surface area contributed by atoms with Crippen molar-refractivity contribution in [1.29, 1.82) is 0 Å². The summed E-state index contributed by atoms with van der Waals surface area (Å²) in [7, 11) is 1.63. The van der Waals surface area contributed by atoms with Crippen LogP contribution in [0.25, 0.3) is 28.0 Å². The number of hydrogen-bond donors (Lipinski definition) is 1. The van der Waals surface area contributed by atoms with Crippen molar-refractivity contribution >= 4 is 22.7 Å². The van der Waals surface area contributed by atoms with Crippen LogP contribution in [0, 0.1) is 0 Å². The standard InChI is InChI=1S/C25H19N3O4S/c1-31-20-9-5-6-16(12-20)24-26-27-25(28(24)18-7-3-2-4-8-18)33-15-17-13-23(30)32-22-14-19(29)10-11-21(17)22/h2-14,29H,15H2,1H3. The van der Waals surface area contributed by atoms with Crippen LogP contribution in [-0.4, -0.2) is 27.0 Å². The van der Waals surface area contributed by atoms with Crippen LogP contribution in [0.4, 0.5) is 0 Å². The summed E-state index contributed by atoms with van der Waals surface area (Å²) in [5.74, 6) is 1.93. The third kappa shape index (κ3) is 4.20. The number of nitrogens with zero attached hydrogens (tertiary/aromatic N) is 3. The van der Waals surface area contributed by atoms with Crippen LogP contribution in [0.5, 0.6) is 11.5 Å². The van der Waals surface area contributed by atoms with Gasteiger partial charge in [-0.25, -0.2) is 4.79 Å². The van der Waals surface area contributed by atoms with Crippen molar-refractivity contribution in [1.82, 2.24) is 14.8 Å². The molecule has 5 aromatic rings. The maximum atomic E-state index is 12.1. The lowest BCUT2D eigenvalue weighted by Crippen LogP contribution is -2.02. The molecule has 0 spiro atoms. The van der Waals surface area contributed by atoms with Gasteiger partial charge >= 0.3 is 5.63 Å². The molecule has 164 valence electrons. The molecule has 0 fully saturated rings. The predicted molar refractivity (Wildman–Crippen MR) is 127 cm³/mol. The summed E-state index contributed by atoms with van der Waals surface area (Å²) in [5.41, 5.74) is 2.46. The number of phenols is 1.